The van der Waals surface area contributed by atoms with E-state index >= 15 is 0 Å². The lowest BCUT2D eigenvalue weighted by molar-refractivity contribution is -0.355. The van der Waals surface area contributed by atoms with Gasteiger partial charge < -0.3 is 79.5 Å². The Morgan fingerprint density at radius 1 is 0.818 bits per heavy atom. The second-order valence-corrected chi connectivity index (χ2v) is 10.4. The van der Waals surface area contributed by atoms with Gasteiger partial charge in [-0.2, -0.15) is 0 Å². The molecule has 44 heavy (non-hydrogen) atoms. The number of phenols is 4. The second-order valence-electron chi connectivity index (χ2n) is 10.4. The van der Waals surface area contributed by atoms with Gasteiger partial charge in [-0.15, -0.1) is 0 Å². The maximum Gasteiger partial charge on any atom is 0.239 e. The summed E-state index contributed by atoms with van der Waals surface area (Å²) < 4.78 is 28.1. The molecular weight excluding hydrogens is 596 g/mol. The summed E-state index contributed by atoms with van der Waals surface area (Å²) in [6.45, 7) is 0.520. The Morgan fingerprint density at radius 2 is 1.48 bits per heavy atom. The lowest BCUT2D eigenvalue weighted by Gasteiger charge is -2.45. The number of aliphatic hydroxyl groups is 6. The minimum Gasteiger partial charge on any atom is -0.867 e. The molecule has 2 saturated heterocycles. The number of benzene rings is 2. The molecule has 0 saturated carbocycles. The molecule has 0 spiro atoms. The van der Waals surface area contributed by atoms with Crippen LogP contribution in [0.2, 0.25) is 0 Å². The molecule has 2 aliphatic heterocycles. The molecular formula is C27H29O17-. The Hall–Kier alpha value is -3.91. The molecule has 10 atom stereocenters. The van der Waals surface area contributed by atoms with Crippen LogP contribution in [0.4, 0.5) is 0 Å². The third-order valence-corrected chi connectivity index (χ3v) is 7.39. The Morgan fingerprint density at radius 3 is 2.11 bits per heavy atom. The second kappa shape index (κ2) is 11.9. The van der Waals surface area contributed by atoms with Gasteiger partial charge in [0.2, 0.25) is 17.5 Å². The van der Waals surface area contributed by atoms with Crippen molar-refractivity contribution in [3.63, 3.8) is 0 Å². The Balaban J connectivity index is 1.62. The van der Waals surface area contributed by atoms with E-state index < -0.39 is 119 Å². The molecule has 0 aliphatic carbocycles. The van der Waals surface area contributed by atoms with Gasteiger partial charge in [-0.1, -0.05) is 0 Å². The molecule has 0 bridgehead atoms. The first-order valence-electron chi connectivity index (χ1n) is 13.1. The molecule has 0 radical (unpaired) electrons. The fourth-order valence-corrected chi connectivity index (χ4v) is 4.99. The van der Waals surface area contributed by atoms with E-state index in [1.807, 2.05) is 0 Å². The van der Waals surface area contributed by atoms with Crippen molar-refractivity contribution < 1.29 is 79.5 Å². The summed E-state index contributed by atoms with van der Waals surface area (Å²) >= 11 is 0. The molecule has 2 aliphatic rings. The van der Waals surface area contributed by atoms with Gasteiger partial charge in [0.15, 0.2) is 18.2 Å². The number of aliphatic hydroxyl groups excluding tert-OH is 6. The van der Waals surface area contributed by atoms with Crippen LogP contribution >= 0.6 is 0 Å². The predicted octanol–water partition coefficient (Wildman–Crippen LogP) is -2.61. The Labute approximate surface area is 246 Å². The van der Waals surface area contributed by atoms with Crippen LogP contribution in [0.1, 0.15) is 6.92 Å². The van der Waals surface area contributed by atoms with Crippen LogP contribution in [0, 0.1) is 0 Å². The van der Waals surface area contributed by atoms with E-state index in [0.717, 1.165) is 24.3 Å². The van der Waals surface area contributed by atoms with Crippen molar-refractivity contribution in [3.05, 3.63) is 34.5 Å². The summed E-state index contributed by atoms with van der Waals surface area (Å²) in [5, 5.41) is 113. The van der Waals surface area contributed by atoms with E-state index in [1.54, 1.807) is 0 Å². The lowest BCUT2D eigenvalue weighted by Crippen LogP contribution is -2.64. The van der Waals surface area contributed by atoms with E-state index in [0.29, 0.717) is 0 Å². The maximum absolute atomic E-state index is 13.7. The molecule has 240 valence electrons. The van der Waals surface area contributed by atoms with E-state index in [-0.39, 0.29) is 11.1 Å². The van der Waals surface area contributed by atoms with Crippen LogP contribution in [-0.4, -0.2) is 119 Å². The van der Waals surface area contributed by atoms with Gasteiger partial charge in [0, 0.05) is 17.7 Å². The van der Waals surface area contributed by atoms with Crippen LogP contribution in [0.5, 0.6) is 34.5 Å². The highest BCUT2D eigenvalue weighted by Crippen LogP contribution is 2.42. The maximum atomic E-state index is 13.7. The molecule has 2 fully saturated rings. The molecule has 0 unspecified atom stereocenters. The summed E-state index contributed by atoms with van der Waals surface area (Å²) in [6.07, 6.45) is -17.2. The van der Waals surface area contributed by atoms with Crippen LogP contribution in [-0.2, 0) is 14.2 Å². The summed E-state index contributed by atoms with van der Waals surface area (Å²) in [5.41, 5.74) is -1.79. The van der Waals surface area contributed by atoms with Gasteiger partial charge >= 0.3 is 0 Å². The average molecular weight is 626 g/mol. The van der Waals surface area contributed by atoms with Gasteiger partial charge in [0.05, 0.1) is 12.7 Å². The van der Waals surface area contributed by atoms with Gasteiger partial charge in [-0.3, -0.25) is 4.79 Å². The van der Waals surface area contributed by atoms with Crippen LogP contribution in [0.15, 0.2) is 33.5 Å². The Bertz CT molecular complexity index is 1560. The summed E-state index contributed by atoms with van der Waals surface area (Å²) in [4.78, 5) is 13.7. The predicted molar refractivity (Wildman–Crippen MR) is 140 cm³/mol. The lowest BCUT2D eigenvalue weighted by atomic mass is 9.97. The van der Waals surface area contributed by atoms with Crippen LogP contribution in [0.3, 0.4) is 0 Å². The summed E-state index contributed by atoms with van der Waals surface area (Å²) in [6, 6.07) is 3.45. The van der Waals surface area contributed by atoms with Gasteiger partial charge in [-0.05, 0) is 24.8 Å². The van der Waals surface area contributed by atoms with Crippen LogP contribution < -0.4 is 15.3 Å². The van der Waals surface area contributed by atoms with Crippen molar-refractivity contribution in [1.29, 1.82) is 0 Å². The highest BCUT2D eigenvalue weighted by Gasteiger charge is 2.51. The van der Waals surface area contributed by atoms with E-state index in [9.17, 15) is 61.0 Å². The third kappa shape index (κ3) is 5.45. The number of hydrogen-bond acceptors (Lipinski definition) is 17. The van der Waals surface area contributed by atoms with Crippen molar-refractivity contribution in [2.45, 2.75) is 68.3 Å². The molecule has 10 N–H and O–H groups in total. The largest absolute Gasteiger partial charge is 0.867 e. The fraction of sp³-hybridized carbons (Fsp3) is 0.444. The number of phenolic OH excluding ortho intramolecular Hbond substituents is 4. The number of fused-ring (bicyclic) bond motifs is 1. The zero-order valence-corrected chi connectivity index (χ0v) is 22.6. The van der Waals surface area contributed by atoms with E-state index in [1.165, 1.54) is 6.92 Å². The van der Waals surface area contributed by atoms with Crippen LogP contribution in [0.25, 0.3) is 22.3 Å². The van der Waals surface area contributed by atoms with Crippen molar-refractivity contribution in [3.8, 4) is 45.8 Å². The summed E-state index contributed by atoms with van der Waals surface area (Å²) in [7, 11) is 0. The highest BCUT2D eigenvalue weighted by molar-refractivity contribution is 5.88. The highest BCUT2D eigenvalue weighted by atomic mass is 16.8. The molecule has 5 rings (SSSR count). The van der Waals surface area contributed by atoms with Crippen molar-refractivity contribution in [1.82, 2.24) is 0 Å². The number of hydrogen-bond donors (Lipinski definition) is 10. The smallest absolute Gasteiger partial charge is 0.239 e. The van der Waals surface area contributed by atoms with Gasteiger partial charge in [0.1, 0.15) is 70.6 Å². The first-order valence-corrected chi connectivity index (χ1v) is 13.1. The molecule has 17 heteroatoms. The first-order chi connectivity index (χ1) is 20.7. The first kappa shape index (κ1) is 31.5. The monoisotopic (exact) mass is 625 g/mol. The van der Waals surface area contributed by atoms with Crippen molar-refractivity contribution >= 4 is 11.0 Å². The molecule has 17 nitrogen and oxygen atoms in total. The molecule has 3 aromatic rings. The minimum absolute atomic E-state index is 0.299. The zero-order chi connectivity index (χ0) is 32.2. The van der Waals surface area contributed by atoms with Crippen molar-refractivity contribution in [2.24, 2.45) is 0 Å². The topological polar surface area (TPSA) is 292 Å². The third-order valence-electron chi connectivity index (χ3n) is 7.39. The van der Waals surface area contributed by atoms with Crippen molar-refractivity contribution in [2.75, 3.05) is 6.61 Å². The SMILES string of the molecule is C[C@@H]1O[C@@H](Oc2c(-c3cc(O)c([O-])c(O)c3)oc3cc(O)cc(O)c3c2=O)[C@H](O[C@@H]2O[C@H](CO)[C@@H](O)[C@H](O)[C@H]2O)[C@H](O)[C@H]1O. The normalized spacial score (nSPS) is 32.5. The van der Waals surface area contributed by atoms with E-state index in [2.05, 4.69) is 0 Å². The number of rotatable bonds is 6. The molecule has 3 heterocycles. The molecule has 1 aromatic heterocycles. The zero-order valence-electron chi connectivity index (χ0n) is 22.6. The standard InChI is InChI=1S/C27H30O17/c1-7-16(33)21(38)25(44-26-22(39)20(37)18(35)14(6-28)42-26)27(40-7)43-24-19(36)15-10(30)4-9(29)5-13(15)41-23(24)8-2-11(31)17(34)12(32)3-8/h2-5,7,14,16,18,20-22,25-35,37-39H,6H2,1H3/p-1/t7-,14+,16-,18+,20-,21+,22+,25+,26-,27-/m0/s1. The number of ether oxygens (including phenoxy) is 4. The van der Waals surface area contributed by atoms with Gasteiger partial charge in [0.25, 0.3) is 0 Å². The molecule has 0 amide bonds. The van der Waals surface area contributed by atoms with Gasteiger partial charge in [-0.25, -0.2) is 0 Å². The Kier molecular flexibility index (Phi) is 8.51. The summed E-state index contributed by atoms with van der Waals surface area (Å²) in [5.74, 6) is -5.65. The quantitative estimate of drug-likeness (QED) is 0.134. The average Bonchev–Trinajstić information content (AvgIpc) is 2.97. The fourth-order valence-electron chi connectivity index (χ4n) is 4.99. The minimum atomic E-state index is -1.94. The van der Waals surface area contributed by atoms with E-state index in [4.69, 9.17) is 23.4 Å². The molecule has 2 aromatic carbocycles. The number of aromatic hydroxyl groups is 4.